The van der Waals surface area contributed by atoms with E-state index in [4.69, 9.17) is 5.73 Å². The molecule has 0 spiro atoms. The molecule has 1 rings (SSSR count). The second kappa shape index (κ2) is 8.36. The minimum atomic E-state index is -4.43. The van der Waals surface area contributed by atoms with Crippen molar-refractivity contribution in [1.29, 1.82) is 0 Å². The Balaban J connectivity index is 0.00000400. The van der Waals surface area contributed by atoms with Crippen LogP contribution in [0, 0.1) is 5.92 Å². The van der Waals surface area contributed by atoms with Gasteiger partial charge in [-0.25, -0.2) is 0 Å². The van der Waals surface area contributed by atoms with Crippen LogP contribution in [0.25, 0.3) is 0 Å². The maximum atomic E-state index is 12.7. The van der Waals surface area contributed by atoms with Crippen LogP contribution < -0.4 is 5.73 Å². The molecule has 0 unspecified atom stereocenters. The summed E-state index contributed by atoms with van der Waals surface area (Å²) in [7, 11) is 0. The molecule has 0 amide bonds. The van der Waals surface area contributed by atoms with Crippen molar-refractivity contribution in [2.45, 2.75) is 45.0 Å². The molecular formula is C14H20BrClF3NO. The minimum Gasteiger partial charge on any atom is -0.391 e. The summed E-state index contributed by atoms with van der Waals surface area (Å²) in [4.78, 5) is 0. The SMILES string of the molecule is CC(C)CC[C@@H](O)[C@@H](N)c1cc(Br)cc(C(F)(F)F)c1.Cl. The zero-order valence-corrected chi connectivity index (χ0v) is 14.2. The Morgan fingerprint density at radius 2 is 1.76 bits per heavy atom. The summed E-state index contributed by atoms with van der Waals surface area (Å²) in [6.07, 6.45) is -4.05. The topological polar surface area (TPSA) is 46.2 Å². The van der Waals surface area contributed by atoms with Gasteiger partial charge in [0.2, 0.25) is 0 Å². The van der Waals surface area contributed by atoms with Gasteiger partial charge in [0.1, 0.15) is 0 Å². The average Bonchev–Trinajstić information content (AvgIpc) is 2.33. The Morgan fingerprint density at radius 3 is 2.24 bits per heavy atom. The van der Waals surface area contributed by atoms with E-state index in [0.717, 1.165) is 18.6 Å². The van der Waals surface area contributed by atoms with E-state index < -0.39 is 23.9 Å². The van der Waals surface area contributed by atoms with Crippen molar-refractivity contribution in [3.05, 3.63) is 33.8 Å². The molecule has 0 heterocycles. The van der Waals surface area contributed by atoms with Gasteiger partial charge >= 0.3 is 6.18 Å². The Morgan fingerprint density at radius 1 is 1.19 bits per heavy atom. The summed E-state index contributed by atoms with van der Waals surface area (Å²) in [6.45, 7) is 4.03. The predicted octanol–water partition coefficient (Wildman–Crippen LogP) is 4.69. The summed E-state index contributed by atoms with van der Waals surface area (Å²) in [5, 5.41) is 9.98. The van der Waals surface area contributed by atoms with Gasteiger partial charge in [-0.2, -0.15) is 13.2 Å². The van der Waals surface area contributed by atoms with Crippen molar-refractivity contribution in [2.24, 2.45) is 11.7 Å². The molecule has 0 aromatic heterocycles. The lowest BCUT2D eigenvalue weighted by Gasteiger charge is -2.21. The molecular weight excluding hydrogens is 371 g/mol. The van der Waals surface area contributed by atoms with Crippen LogP contribution in [0.2, 0.25) is 0 Å². The maximum absolute atomic E-state index is 12.7. The third-order valence-corrected chi connectivity index (χ3v) is 3.54. The fourth-order valence-electron chi connectivity index (χ4n) is 1.87. The highest BCUT2D eigenvalue weighted by Gasteiger charge is 2.32. The highest BCUT2D eigenvalue weighted by Crippen LogP contribution is 2.33. The van der Waals surface area contributed by atoms with E-state index in [2.05, 4.69) is 15.9 Å². The van der Waals surface area contributed by atoms with E-state index in [9.17, 15) is 18.3 Å². The van der Waals surface area contributed by atoms with E-state index >= 15 is 0 Å². The minimum absolute atomic E-state index is 0. The predicted molar refractivity (Wildman–Crippen MR) is 83.4 cm³/mol. The number of alkyl halides is 3. The number of nitrogens with two attached hydrogens (primary N) is 1. The van der Waals surface area contributed by atoms with Crippen LogP contribution in [0.15, 0.2) is 22.7 Å². The standard InChI is InChI=1S/C14H19BrF3NO.ClH/c1-8(2)3-4-12(20)13(19)9-5-10(14(16,17)18)7-11(15)6-9;/h5-8,12-13,20H,3-4,19H2,1-2H3;1H/t12-,13+;/m1./s1. The van der Waals surface area contributed by atoms with Crippen LogP contribution in [-0.4, -0.2) is 11.2 Å². The molecule has 122 valence electrons. The molecule has 0 saturated heterocycles. The average molecular weight is 391 g/mol. The summed E-state index contributed by atoms with van der Waals surface area (Å²) in [5.41, 5.74) is 5.38. The zero-order chi connectivity index (χ0) is 15.5. The fourth-order valence-corrected chi connectivity index (χ4v) is 2.39. The fraction of sp³-hybridized carbons (Fsp3) is 0.571. The van der Waals surface area contributed by atoms with E-state index in [1.54, 1.807) is 0 Å². The van der Waals surface area contributed by atoms with Gasteiger partial charge in [-0.3, -0.25) is 0 Å². The van der Waals surface area contributed by atoms with E-state index in [1.807, 2.05) is 13.8 Å². The van der Waals surface area contributed by atoms with Gasteiger partial charge in [0.05, 0.1) is 17.7 Å². The molecule has 0 aliphatic carbocycles. The van der Waals surface area contributed by atoms with Crippen LogP contribution in [0.5, 0.6) is 0 Å². The molecule has 2 nitrogen and oxygen atoms in total. The molecule has 7 heteroatoms. The zero-order valence-electron chi connectivity index (χ0n) is 11.8. The lowest BCUT2D eigenvalue weighted by atomic mass is 9.95. The lowest BCUT2D eigenvalue weighted by molar-refractivity contribution is -0.137. The van der Waals surface area contributed by atoms with Crippen molar-refractivity contribution in [2.75, 3.05) is 0 Å². The van der Waals surface area contributed by atoms with Crippen molar-refractivity contribution in [3.8, 4) is 0 Å². The smallest absolute Gasteiger partial charge is 0.391 e. The normalized spacial score (nSPS) is 14.7. The van der Waals surface area contributed by atoms with Gasteiger partial charge in [-0.15, -0.1) is 12.4 Å². The molecule has 1 aromatic rings. The largest absolute Gasteiger partial charge is 0.416 e. The molecule has 0 bridgehead atoms. The molecule has 3 N–H and O–H groups in total. The number of rotatable bonds is 5. The lowest BCUT2D eigenvalue weighted by Crippen LogP contribution is -2.27. The van der Waals surface area contributed by atoms with Gasteiger partial charge < -0.3 is 10.8 Å². The monoisotopic (exact) mass is 389 g/mol. The first-order valence-electron chi connectivity index (χ1n) is 6.42. The van der Waals surface area contributed by atoms with Gasteiger partial charge in [-0.1, -0.05) is 29.8 Å². The first-order valence-corrected chi connectivity index (χ1v) is 7.22. The van der Waals surface area contributed by atoms with E-state index in [1.165, 1.54) is 6.07 Å². The van der Waals surface area contributed by atoms with Gasteiger partial charge in [0.15, 0.2) is 0 Å². The number of hydrogen-bond acceptors (Lipinski definition) is 2. The molecule has 2 atom stereocenters. The number of benzene rings is 1. The summed E-state index contributed by atoms with van der Waals surface area (Å²) >= 11 is 3.05. The van der Waals surface area contributed by atoms with Gasteiger partial charge in [0, 0.05) is 4.47 Å². The third kappa shape index (κ3) is 6.55. The number of hydrogen-bond donors (Lipinski definition) is 2. The van der Waals surface area contributed by atoms with Crippen LogP contribution in [0.4, 0.5) is 13.2 Å². The maximum Gasteiger partial charge on any atom is 0.416 e. The summed E-state index contributed by atoms with van der Waals surface area (Å²) in [5.74, 6) is 0.407. The van der Waals surface area contributed by atoms with Crippen LogP contribution >= 0.6 is 28.3 Å². The van der Waals surface area contributed by atoms with E-state index in [-0.39, 0.29) is 18.0 Å². The second-order valence-electron chi connectivity index (χ2n) is 5.34. The Labute approximate surface area is 137 Å². The quantitative estimate of drug-likeness (QED) is 0.766. The second-order valence-corrected chi connectivity index (χ2v) is 6.25. The summed E-state index contributed by atoms with van der Waals surface area (Å²) < 4.78 is 38.5. The molecule has 1 aromatic carbocycles. The highest BCUT2D eigenvalue weighted by atomic mass is 79.9. The molecule has 21 heavy (non-hydrogen) atoms. The molecule has 0 fully saturated rings. The van der Waals surface area contributed by atoms with Crippen LogP contribution in [-0.2, 0) is 6.18 Å². The van der Waals surface area contributed by atoms with Crippen LogP contribution in [0.3, 0.4) is 0 Å². The van der Waals surface area contributed by atoms with Crippen LogP contribution in [0.1, 0.15) is 43.9 Å². The first kappa shape index (κ1) is 20.7. The van der Waals surface area contributed by atoms with Crippen molar-refractivity contribution in [1.82, 2.24) is 0 Å². The highest BCUT2D eigenvalue weighted by molar-refractivity contribution is 9.10. The number of aliphatic hydroxyl groups excluding tert-OH is 1. The molecule has 0 aliphatic heterocycles. The van der Waals surface area contributed by atoms with Crippen molar-refractivity contribution < 1.29 is 18.3 Å². The Bertz CT molecular complexity index is 454. The van der Waals surface area contributed by atoms with E-state index in [0.29, 0.717) is 16.8 Å². The Hall–Kier alpha value is -0.300. The van der Waals surface area contributed by atoms with Crippen molar-refractivity contribution >= 4 is 28.3 Å². The summed E-state index contributed by atoms with van der Waals surface area (Å²) in [6, 6.07) is 2.68. The third-order valence-electron chi connectivity index (χ3n) is 3.09. The van der Waals surface area contributed by atoms with Gasteiger partial charge in [-0.05, 0) is 42.5 Å². The molecule has 0 saturated carbocycles. The molecule has 0 aliphatic rings. The molecule has 0 radical (unpaired) electrons. The number of aliphatic hydroxyl groups is 1. The van der Waals surface area contributed by atoms with Gasteiger partial charge in [0.25, 0.3) is 0 Å². The Kier molecular flexibility index (Phi) is 8.24. The van der Waals surface area contributed by atoms with Crippen molar-refractivity contribution in [3.63, 3.8) is 0 Å². The first-order chi connectivity index (χ1) is 9.11. The number of halogens is 5.